The Morgan fingerprint density at radius 1 is 0.778 bits per heavy atom. The summed E-state index contributed by atoms with van der Waals surface area (Å²) in [6, 6.07) is 19.6. The van der Waals surface area contributed by atoms with Crippen molar-refractivity contribution in [1.29, 1.82) is 10.8 Å². The molecule has 2 heterocycles. The molecule has 0 atom stereocenters. The fourth-order valence-corrected chi connectivity index (χ4v) is 3.02. The van der Waals surface area contributed by atoms with Gasteiger partial charge >= 0.3 is 0 Å². The van der Waals surface area contributed by atoms with Crippen molar-refractivity contribution >= 4 is 22.6 Å². The Labute approximate surface area is 155 Å². The number of hydrogen-bond acceptors (Lipinski definition) is 3. The number of pyridine rings is 1. The lowest BCUT2D eigenvalue weighted by Crippen LogP contribution is -2.12. The highest BCUT2D eigenvalue weighted by Crippen LogP contribution is 2.28. The van der Waals surface area contributed by atoms with Crippen molar-refractivity contribution in [2.24, 2.45) is 11.5 Å². The predicted octanol–water partition coefficient (Wildman–Crippen LogP) is 3.47. The van der Waals surface area contributed by atoms with E-state index in [0.29, 0.717) is 11.3 Å². The molecule has 6 heteroatoms. The van der Waals surface area contributed by atoms with E-state index >= 15 is 0 Å². The molecule has 132 valence electrons. The lowest BCUT2D eigenvalue weighted by Gasteiger charge is -2.04. The Bertz CT molecular complexity index is 1100. The number of aromatic amines is 1. The van der Waals surface area contributed by atoms with Crippen LogP contribution < -0.4 is 11.5 Å². The zero-order chi connectivity index (χ0) is 19.0. The second-order valence-electron chi connectivity index (χ2n) is 6.32. The molecule has 0 saturated heterocycles. The molecule has 0 bridgehead atoms. The Hall–Kier alpha value is -3.93. The molecule has 7 N–H and O–H groups in total. The van der Waals surface area contributed by atoms with Gasteiger partial charge in [0, 0.05) is 33.9 Å². The van der Waals surface area contributed by atoms with Crippen molar-refractivity contribution in [3.63, 3.8) is 0 Å². The lowest BCUT2D eigenvalue weighted by molar-refractivity contribution is 1.25. The molecule has 0 spiro atoms. The van der Waals surface area contributed by atoms with E-state index in [1.165, 1.54) is 0 Å². The number of amidine groups is 2. The molecule has 4 rings (SSSR count). The average molecular weight is 354 g/mol. The molecule has 2 aromatic carbocycles. The summed E-state index contributed by atoms with van der Waals surface area (Å²) < 4.78 is 0. The molecular formula is C21H18N6. The molecule has 0 unspecified atom stereocenters. The molecule has 0 aliphatic heterocycles. The number of rotatable bonds is 4. The SMILES string of the molecule is N=C(N)c1ccc(-c2ccc3cc(-c4ccc(C(=N)N)nc4)[nH]c3c2)cc1. The van der Waals surface area contributed by atoms with Gasteiger partial charge in [0.25, 0.3) is 0 Å². The van der Waals surface area contributed by atoms with Crippen LogP contribution in [-0.4, -0.2) is 21.6 Å². The van der Waals surface area contributed by atoms with Gasteiger partial charge in [0.15, 0.2) is 0 Å². The van der Waals surface area contributed by atoms with Crippen LogP contribution in [0.3, 0.4) is 0 Å². The van der Waals surface area contributed by atoms with E-state index in [0.717, 1.165) is 33.3 Å². The third-order valence-electron chi connectivity index (χ3n) is 4.50. The number of nitrogens with zero attached hydrogens (tertiary/aromatic N) is 1. The summed E-state index contributed by atoms with van der Waals surface area (Å²) in [5.41, 5.74) is 17.2. The van der Waals surface area contributed by atoms with E-state index in [4.69, 9.17) is 22.3 Å². The van der Waals surface area contributed by atoms with Gasteiger partial charge in [-0.05, 0) is 35.4 Å². The van der Waals surface area contributed by atoms with E-state index < -0.39 is 0 Å². The number of hydrogen-bond donors (Lipinski definition) is 5. The third-order valence-corrected chi connectivity index (χ3v) is 4.50. The maximum atomic E-state index is 7.49. The number of nitrogen functional groups attached to an aromatic ring is 2. The van der Waals surface area contributed by atoms with Gasteiger partial charge in [-0.1, -0.05) is 36.4 Å². The fourth-order valence-electron chi connectivity index (χ4n) is 3.02. The van der Waals surface area contributed by atoms with Gasteiger partial charge in [0.2, 0.25) is 0 Å². The fraction of sp³-hybridized carbons (Fsp3) is 0. The van der Waals surface area contributed by atoms with Crippen LogP contribution >= 0.6 is 0 Å². The average Bonchev–Trinajstić information content (AvgIpc) is 3.11. The number of aromatic nitrogens is 2. The van der Waals surface area contributed by atoms with Gasteiger partial charge in [0.05, 0.1) is 0 Å². The normalized spacial score (nSPS) is 10.8. The van der Waals surface area contributed by atoms with E-state index in [1.807, 2.05) is 30.3 Å². The first-order valence-electron chi connectivity index (χ1n) is 8.40. The van der Waals surface area contributed by atoms with Crippen molar-refractivity contribution in [2.45, 2.75) is 0 Å². The van der Waals surface area contributed by atoms with Crippen LogP contribution in [0.5, 0.6) is 0 Å². The molecule has 0 fully saturated rings. The van der Waals surface area contributed by atoms with Crippen LogP contribution in [0.25, 0.3) is 33.3 Å². The standard InChI is InChI=1S/C21H18N6/c22-20(23)13-3-1-12(2-4-13)14-5-6-15-10-19(27-18(15)9-14)16-7-8-17(21(24)25)26-11-16/h1-11,27H,(H3,22,23)(H3,24,25). The maximum absolute atomic E-state index is 7.49. The molecule has 0 radical (unpaired) electrons. The lowest BCUT2D eigenvalue weighted by atomic mass is 10.0. The monoisotopic (exact) mass is 354 g/mol. The minimum atomic E-state index is -0.0429. The zero-order valence-corrected chi connectivity index (χ0v) is 14.5. The largest absolute Gasteiger partial charge is 0.384 e. The summed E-state index contributed by atoms with van der Waals surface area (Å²) in [6.45, 7) is 0. The van der Waals surface area contributed by atoms with Gasteiger partial charge in [0.1, 0.15) is 17.4 Å². The molecular weight excluding hydrogens is 336 g/mol. The Morgan fingerprint density at radius 3 is 2.11 bits per heavy atom. The van der Waals surface area contributed by atoms with Crippen molar-refractivity contribution < 1.29 is 0 Å². The second kappa shape index (κ2) is 6.42. The Morgan fingerprint density at radius 2 is 1.48 bits per heavy atom. The minimum absolute atomic E-state index is 0.0429. The number of fused-ring (bicyclic) bond motifs is 1. The first-order chi connectivity index (χ1) is 13.0. The van der Waals surface area contributed by atoms with Gasteiger partial charge < -0.3 is 16.5 Å². The summed E-state index contributed by atoms with van der Waals surface area (Å²) in [6.07, 6.45) is 1.71. The molecule has 6 nitrogen and oxygen atoms in total. The summed E-state index contributed by atoms with van der Waals surface area (Å²) in [5.74, 6) is 0.0223. The highest BCUT2D eigenvalue weighted by atomic mass is 14.8. The van der Waals surface area contributed by atoms with Crippen LogP contribution in [0.4, 0.5) is 0 Å². The van der Waals surface area contributed by atoms with Gasteiger partial charge in [-0.3, -0.25) is 15.8 Å². The van der Waals surface area contributed by atoms with E-state index in [9.17, 15) is 0 Å². The number of benzene rings is 2. The van der Waals surface area contributed by atoms with Crippen LogP contribution in [0, 0.1) is 10.8 Å². The number of nitrogens with one attached hydrogen (secondary N) is 3. The highest BCUT2D eigenvalue weighted by Gasteiger charge is 2.07. The number of H-pyrrole nitrogens is 1. The smallest absolute Gasteiger partial charge is 0.141 e. The first-order valence-corrected chi connectivity index (χ1v) is 8.40. The van der Waals surface area contributed by atoms with E-state index in [2.05, 4.69) is 34.2 Å². The molecule has 4 aromatic rings. The topological polar surface area (TPSA) is 128 Å². The molecule has 0 amide bonds. The van der Waals surface area contributed by atoms with Crippen LogP contribution in [0.1, 0.15) is 11.3 Å². The van der Waals surface area contributed by atoms with Gasteiger partial charge in [-0.15, -0.1) is 0 Å². The van der Waals surface area contributed by atoms with E-state index in [-0.39, 0.29) is 11.7 Å². The summed E-state index contributed by atoms with van der Waals surface area (Å²) >= 11 is 0. The van der Waals surface area contributed by atoms with Crippen molar-refractivity contribution in [1.82, 2.24) is 9.97 Å². The Kier molecular flexibility index (Phi) is 3.93. The van der Waals surface area contributed by atoms with Crippen LogP contribution in [-0.2, 0) is 0 Å². The molecule has 0 aliphatic rings. The molecule has 0 saturated carbocycles. The quantitative estimate of drug-likeness (QED) is 0.284. The Balaban J connectivity index is 1.69. The molecule has 0 aliphatic carbocycles. The highest BCUT2D eigenvalue weighted by molar-refractivity contribution is 5.96. The predicted molar refractivity (Wildman–Crippen MR) is 109 cm³/mol. The van der Waals surface area contributed by atoms with E-state index in [1.54, 1.807) is 12.3 Å². The van der Waals surface area contributed by atoms with Crippen molar-refractivity contribution in [3.05, 3.63) is 78.1 Å². The molecule has 27 heavy (non-hydrogen) atoms. The number of nitrogens with two attached hydrogens (primary N) is 2. The zero-order valence-electron chi connectivity index (χ0n) is 14.5. The minimum Gasteiger partial charge on any atom is -0.384 e. The van der Waals surface area contributed by atoms with Crippen molar-refractivity contribution in [2.75, 3.05) is 0 Å². The van der Waals surface area contributed by atoms with Gasteiger partial charge in [-0.2, -0.15) is 0 Å². The second-order valence-corrected chi connectivity index (χ2v) is 6.32. The molecule has 2 aromatic heterocycles. The summed E-state index contributed by atoms with van der Waals surface area (Å²) in [7, 11) is 0. The third kappa shape index (κ3) is 3.16. The van der Waals surface area contributed by atoms with Crippen molar-refractivity contribution in [3.8, 4) is 22.4 Å². The first kappa shape index (κ1) is 16.5. The van der Waals surface area contributed by atoms with Crippen LogP contribution in [0.15, 0.2) is 66.9 Å². The van der Waals surface area contributed by atoms with Crippen LogP contribution in [0.2, 0.25) is 0 Å². The summed E-state index contributed by atoms with van der Waals surface area (Å²) in [4.78, 5) is 7.64. The maximum Gasteiger partial charge on any atom is 0.141 e. The van der Waals surface area contributed by atoms with Gasteiger partial charge in [-0.25, -0.2) is 0 Å². The summed E-state index contributed by atoms with van der Waals surface area (Å²) in [5, 5.41) is 16.0.